The lowest BCUT2D eigenvalue weighted by Gasteiger charge is -2.37. The first-order valence-corrected chi connectivity index (χ1v) is 9.23. The zero-order valence-electron chi connectivity index (χ0n) is 14.7. The quantitative estimate of drug-likeness (QED) is 0.851. The molecule has 0 spiro atoms. The molecule has 1 aliphatic heterocycles. The smallest absolute Gasteiger partial charge is 0.317 e. The molecule has 0 unspecified atom stereocenters. The van der Waals surface area contributed by atoms with E-state index in [1.807, 2.05) is 6.92 Å². The van der Waals surface area contributed by atoms with Gasteiger partial charge in [-0.2, -0.15) is 5.26 Å². The van der Waals surface area contributed by atoms with Crippen LogP contribution in [0.4, 0.5) is 4.79 Å². The van der Waals surface area contributed by atoms with Crippen molar-refractivity contribution in [3.63, 3.8) is 0 Å². The Morgan fingerprint density at radius 1 is 1.46 bits per heavy atom. The average Bonchev–Trinajstić information content (AvgIpc) is 3.10. The highest BCUT2D eigenvalue weighted by atomic mass is 32.1. The second-order valence-corrected chi connectivity index (χ2v) is 7.45. The van der Waals surface area contributed by atoms with Gasteiger partial charge in [0.25, 0.3) is 0 Å². The minimum Gasteiger partial charge on any atom is -0.336 e. The Balaban J connectivity index is 1.94. The number of carbonyl (C=O) groups is 1. The number of thiophene rings is 1. The topological polar surface area (TPSA) is 62.6 Å². The van der Waals surface area contributed by atoms with E-state index >= 15 is 0 Å². The minimum absolute atomic E-state index is 0.118. The molecule has 2 amide bonds. The van der Waals surface area contributed by atoms with Crippen LogP contribution in [0.3, 0.4) is 0 Å². The first-order valence-electron chi connectivity index (χ1n) is 8.36. The third kappa shape index (κ3) is 5.20. The maximum Gasteiger partial charge on any atom is 0.317 e. The molecule has 1 saturated heterocycles. The molecule has 0 aromatic carbocycles. The highest BCUT2D eigenvalue weighted by molar-refractivity contribution is 7.10. The van der Waals surface area contributed by atoms with Crippen LogP contribution in [0.25, 0.3) is 0 Å². The third-order valence-electron chi connectivity index (χ3n) is 4.41. The van der Waals surface area contributed by atoms with E-state index in [0.717, 1.165) is 26.2 Å². The normalized spacial score (nSPS) is 18.6. The third-order valence-corrected chi connectivity index (χ3v) is 5.39. The fraction of sp³-hybridized carbons (Fsp3) is 0.647. The van der Waals surface area contributed by atoms with Crippen LogP contribution in [-0.4, -0.2) is 74.1 Å². The van der Waals surface area contributed by atoms with Crippen molar-refractivity contribution in [2.75, 3.05) is 53.4 Å². The molecule has 24 heavy (non-hydrogen) atoms. The summed E-state index contributed by atoms with van der Waals surface area (Å²) in [6.45, 7) is 6.98. The van der Waals surface area contributed by atoms with Gasteiger partial charge >= 0.3 is 6.03 Å². The van der Waals surface area contributed by atoms with Gasteiger partial charge in [-0.25, -0.2) is 4.79 Å². The number of piperazine rings is 1. The molecular formula is C17H27N5OS. The second-order valence-electron chi connectivity index (χ2n) is 6.47. The van der Waals surface area contributed by atoms with E-state index in [9.17, 15) is 4.79 Å². The van der Waals surface area contributed by atoms with E-state index in [1.54, 1.807) is 23.3 Å². The van der Waals surface area contributed by atoms with Gasteiger partial charge in [0.15, 0.2) is 0 Å². The van der Waals surface area contributed by atoms with Crippen LogP contribution in [0.15, 0.2) is 17.5 Å². The number of hydrogen-bond acceptors (Lipinski definition) is 5. The number of nitriles is 1. The van der Waals surface area contributed by atoms with Gasteiger partial charge in [0.2, 0.25) is 0 Å². The molecule has 1 aliphatic rings. The van der Waals surface area contributed by atoms with Crippen molar-refractivity contribution in [3.05, 3.63) is 22.4 Å². The summed E-state index contributed by atoms with van der Waals surface area (Å²) >= 11 is 1.74. The summed E-state index contributed by atoms with van der Waals surface area (Å²) in [7, 11) is 3.88. The van der Waals surface area contributed by atoms with Gasteiger partial charge in [-0.1, -0.05) is 6.07 Å². The SMILES string of the molecule is C[C@H](C#N)CN(C)C(=O)NC[C@@H](c1cccs1)N1CCN(C)CC1. The predicted octanol–water partition coefficient (Wildman–Crippen LogP) is 1.84. The summed E-state index contributed by atoms with van der Waals surface area (Å²) < 4.78 is 0. The van der Waals surface area contributed by atoms with Crippen LogP contribution < -0.4 is 5.32 Å². The maximum absolute atomic E-state index is 12.3. The average molecular weight is 350 g/mol. The Labute approximate surface area is 148 Å². The molecule has 1 aromatic heterocycles. The Kier molecular flexibility index (Phi) is 7.03. The van der Waals surface area contributed by atoms with Crippen molar-refractivity contribution in [1.82, 2.24) is 20.0 Å². The number of urea groups is 1. The van der Waals surface area contributed by atoms with Gasteiger partial charge in [-0.15, -0.1) is 11.3 Å². The van der Waals surface area contributed by atoms with Crippen molar-refractivity contribution in [1.29, 1.82) is 5.26 Å². The summed E-state index contributed by atoms with van der Waals surface area (Å²) in [5.41, 5.74) is 0. The van der Waals surface area contributed by atoms with Crippen LogP contribution >= 0.6 is 11.3 Å². The van der Waals surface area contributed by atoms with Gasteiger partial charge in [-0.05, 0) is 25.4 Å². The Bertz CT molecular complexity index is 548. The van der Waals surface area contributed by atoms with Crippen LogP contribution in [0.2, 0.25) is 0 Å². The lowest BCUT2D eigenvalue weighted by Crippen LogP contribution is -2.49. The van der Waals surface area contributed by atoms with Gasteiger partial charge < -0.3 is 15.1 Å². The van der Waals surface area contributed by atoms with Crippen molar-refractivity contribution < 1.29 is 4.79 Å². The van der Waals surface area contributed by atoms with E-state index < -0.39 is 0 Å². The van der Waals surface area contributed by atoms with E-state index in [-0.39, 0.29) is 18.0 Å². The van der Waals surface area contributed by atoms with Crippen molar-refractivity contribution in [2.45, 2.75) is 13.0 Å². The molecule has 7 heteroatoms. The van der Waals surface area contributed by atoms with E-state index in [2.05, 4.69) is 45.7 Å². The first-order chi connectivity index (χ1) is 11.5. The van der Waals surface area contributed by atoms with Crippen molar-refractivity contribution in [2.24, 2.45) is 5.92 Å². The number of likely N-dealkylation sites (N-methyl/N-ethyl adjacent to an activating group) is 1. The van der Waals surface area contributed by atoms with Crippen LogP contribution in [0.1, 0.15) is 17.8 Å². The highest BCUT2D eigenvalue weighted by Crippen LogP contribution is 2.25. The fourth-order valence-corrected chi connectivity index (χ4v) is 3.74. The van der Waals surface area contributed by atoms with E-state index in [4.69, 9.17) is 5.26 Å². The van der Waals surface area contributed by atoms with Gasteiger partial charge in [0.05, 0.1) is 18.0 Å². The van der Waals surface area contributed by atoms with Gasteiger partial charge in [0.1, 0.15) is 0 Å². The summed E-state index contributed by atoms with van der Waals surface area (Å²) in [4.78, 5) is 19.9. The number of amides is 2. The molecule has 0 bridgehead atoms. The molecule has 2 rings (SSSR count). The Hall–Kier alpha value is -1.62. The second kappa shape index (κ2) is 9.02. The van der Waals surface area contributed by atoms with Crippen LogP contribution in [-0.2, 0) is 0 Å². The number of nitrogens with one attached hydrogen (secondary N) is 1. The van der Waals surface area contributed by atoms with Crippen molar-refractivity contribution >= 4 is 17.4 Å². The first kappa shape index (κ1) is 18.7. The van der Waals surface area contributed by atoms with E-state index in [0.29, 0.717) is 13.1 Å². The summed E-state index contributed by atoms with van der Waals surface area (Å²) in [6, 6.07) is 6.46. The molecule has 2 atom stereocenters. The number of nitrogens with zero attached hydrogens (tertiary/aromatic N) is 4. The molecule has 0 saturated carbocycles. The number of rotatable bonds is 6. The molecular weight excluding hydrogens is 322 g/mol. The predicted molar refractivity (Wildman–Crippen MR) is 96.9 cm³/mol. The zero-order valence-corrected chi connectivity index (χ0v) is 15.6. The molecule has 0 radical (unpaired) electrons. The van der Waals surface area contributed by atoms with Crippen LogP contribution in [0.5, 0.6) is 0 Å². The van der Waals surface area contributed by atoms with Crippen molar-refractivity contribution in [3.8, 4) is 6.07 Å². The number of carbonyl (C=O) groups excluding carboxylic acids is 1. The lowest BCUT2D eigenvalue weighted by atomic mass is 10.1. The largest absolute Gasteiger partial charge is 0.336 e. The molecule has 0 aliphatic carbocycles. The molecule has 132 valence electrons. The molecule has 2 heterocycles. The highest BCUT2D eigenvalue weighted by Gasteiger charge is 2.25. The molecule has 1 aromatic rings. The molecule has 1 fully saturated rings. The maximum atomic E-state index is 12.3. The lowest BCUT2D eigenvalue weighted by molar-refractivity contribution is 0.111. The monoisotopic (exact) mass is 349 g/mol. The standard InChI is InChI=1S/C17H27N5OS/c1-14(11-18)13-21(3)17(23)19-12-15(16-5-4-10-24-16)22-8-6-20(2)7-9-22/h4-5,10,14-15H,6-9,12-13H2,1-3H3,(H,19,23)/t14-,15+/m1/s1. The van der Waals surface area contributed by atoms with Gasteiger partial charge in [-0.3, -0.25) is 4.90 Å². The van der Waals surface area contributed by atoms with Gasteiger partial charge in [0, 0.05) is 51.2 Å². The fourth-order valence-electron chi connectivity index (χ4n) is 2.88. The van der Waals surface area contributed by atoms with E-state index in [1.165, 1.54) is 4.88 Å². The van der Waals surface area contributed by atoms with Crippen LogP contribution in [0, 0.1) is 17.2 Å². The zero-order chi connectivity index (χ0) is 17.5. The Morgan fingerprint density at radius 2 is 2.17 bits per heavy atom. The number of hydrogen-bond donors (Lipinski definition) is 1. The molecule has 1 N–H and O–H groups in total. The Morgan fingerprint density at radius 3 is 2.75 bits per heavy atom. The summed E-state index contributed by atoms with van der Waals surface area (Å²) in [6.07, 6.45) is 0. The minimum atomic E-state index is -0.161. The summed E-state index contributed by atoms with van der Waals surface area (Å²) in [5, 5.41) is 14.0. The summed E-state index contributed by atoms with van der Waals surface area (Å²) in [5.74, 6) is -0.161. The molecule has 6 nitrogen and oxygen atoms in total.